The van der Waals surface area contributed by atoms with Crippen LogP contribution in [0.15, 0.2) is 30.3 Å². The molecule has 1 aliphatic heterocycles. The van der Waals surface area contributed by atoms with E-state index in [9.17, 15) is 4.79 Å². The molecule has 1 saturated heterocycles. The van der Waals surface area contributed by atoms with Crippen molar-refractivity contribution < 1.29 is 4.79 Å². The second-order valence-corrected chi connectivity index (χ2v) is 6.94. The van der Waals surface area contributed by atoms with Crippen LogP contribution in [0.4, 0.5) is 0 Å². The number of amides is 1. The SMILES string of the molecule is CC(C(=O)N(C)CC1CCN(C)CC1)n1nnc(-c2ccccc2)n1. The maximum atomic E-state index is 12.7. The van der Waals surface area contributed by atoms with Crippen molar-refractivity contribution in [2.75, 3.05) is 33.7 Å². The van der Waals surface area contributed by atoms with Gasteiger partial charge in [0.1, 0.15) is 6.04 Å². The van der Waals surface area contributed by atoms with E-state index in [2.05, 4.69) is 27.4 Å². The first-order valence-corrected chi connectivity index (χ1v) is 8.83. The van der Waals surface area contributed by atoms with Crippen molar-refractivity contribution in [3.8, 4) is 11.4 Å². The number of carbonyl (C=O) groups excluding carboxylic acids is 1. The molecule has 7 heteroatoms. The summed E-state index contributed by atoms with van der Waals surface area (Å²) in [5.41, 5.74) is 0.896. The summed E-state index contributed by atoms with van der Waals surface area (Å²) in [5.74, 6) is 1.13. The van der Waals surface area contributed by atoms with E-state index >= 15 is 0 Å². The molecule has 2 aromatic rings. The van der Waals surface area contributed by atoms with Crippen LogP contribution < -0.4 is 0 Å². The third kappa shape index (κ3) is 4.22. The summed E-state index contributed by atoms with van der Waals surface area (Å²) in [4.78, 5) is 18.3. The number of piperidine rings is 1. The monoisotopic (exact) mass is 342 g/mol. The lowest BCUT2D eigenvalue weighted by molar-refractivity contribution is -0.134. The molecular weight excluding hydrogens is 316 g/mol. The van der Waals surface area contributed by atoms with Crippen LogP contribution >= 0.6 is 0 Å². The van der Waals surface area contributed by atoms with Crippen molar-refractivity contribution >= 4 is 5.91 Å². The van der Waals surface area contributed by atoms with Crippen molar-refractivity contribution in [3.63, 3.8) is 0 Å². The van der Waals surface area contributed by atoms with Crippen LogP contribution in [0.3, 0.4) is 0 Å². The lowest BCUT2D eigenvalue weighted by Crippen LogP contribution is -2.40. The van der Waals surface area contributed by atoms with E-state index in [0.29, 0.717) is 11.7 Å². The molecular formula is C18H26N6O. The molecule has 1 fully saturated rings. The number of tetrazole rings is 1. The van der Waals surface area contributed by atoms with Crippen molar-refractivity contribution in [2.24, 2.45) is 5.92 Å². The number of likely N-dealkylation sites (N-methyl/N-ethyl adjacent to an activating group) is 1. The van der Waals surface area contributed by atoms with Crippen LogP contribution in [0.1, 0.15) is 25.8 Å². The number of rotatable bonds is 5. The van der Waals surface area contributed by atoms with Gasteiger partial charge in [0.2, 0.25) is 11.7 Å². The lowest BCUT2D eigenvalue weighted by atomic mass is 9.96. The summed E-state index contributed by atoms with van der Waals surface area (Å²) < 4.78 is 0. The molecule has 134 valence electrons. The molecule has 0 aliphatic carbocycles. The Kier molecular flexibility index (Phi) is 5.43. The maximum Gasteiger partial charge on any atom is 0.248 e. The van der Waals surface area contributed by atoms with E-state index < -0.39 is 6.04 Å². The molecule has 7 nitrogen and oxygen atoms in total. The first kappa shape index (κ1) is 17.5. The van der Waals surface area contributed by atoms with Gasteiger partial charge in [-0.25, -0.2) is 0 Å². The van der Waals surface area contributed by atoms with Gasteiger partial charge in [0.25, 0.3) is 0 Å². The van der Waals surface area contributed by atoms with E-state index in [0.717, 1.165) is 38.0 Å². The van der Waals surface area contributed by atoms with Crippen LogP contribution in [-0.2, 0) is 4.79 Å². The molecule has 3 rings (SSSR count). The number of carbonyl (C=O) groups is 1. The predicted octanol–water partition coefficient (Wildman–Crippen LogP) is 1.70. The topological polar surface area (TPSA) is 67.2 Å². The summed E-state index contributed by atoms with van der Waals surface area (Å²) in [6.07, 6.45) is 2.28. The predicted molar refractivity (Wildman–Crippen MR) is 95.8 cm³/mol. The zero-order valence-electron chi connectivity index (χ0n) is 15.2. The van der Waals surface area contributed by atoms with E-state index in [1.165, 1.54) is 4.80 Å². The number of hydrogen-bond donors (Lipinski definition) is 0. The van der Waals surface area contributed by atoms with E-state index in [1.54, 1.807) is 0 Å². The Balaban J connectivity index is 1.61. The van der Waals surface area contributed by atoms with Gasteiger partial charge in [-0.3, -0.25) is 4.79 Å². The normalized spacial score (nSPS) is 17.4. The minimum absolute atomic E-state index is 0.0240. The lowest BCUT2D eigenvalue weighted by Gasteiger charge is -2.32. The Morgan fingerprint density at radius 2 is 1.96 bits per heavy atom. The van der Waals surface area contributed by atoms with Gasteiger partial charge in [-0.15, -0.1) is 10.2 Å². The molecule has 1 unspecified atom stereocenters. The zero-order chi connectivity index (χ0) is 17.8. The van der Waals surface area contributed by atoms with Crippen LogP contribution in [0, 0.1) is 5.92 Å². The third-order valence-corrected chi connectivity index (χ3v) is 4.91. The highest BCUT2D eigenvalue weighted by Gasteiger charge is 2.25. The Morgan fingerprint density at radius 1 is 1.28 bits per heavy atom. The highest BCUT2D eigenvalue weighted by atomic mass is 16.2. The van der Waals surface area contributed by atoms with Gasteiger partial charge in [0.05, 0.1) is 0 Å². The molecule has 1 aromatic carbocycles. The van der Waals surface area contributed by atoms with Crippen molar-refractivity contribution in [1.82, 2.24) is 30.0 Å². The minimum Gasteiger partial charge on any atom is -0.344 e. The fraction of sp³-hybridized carbons (Fsp3) is 0.556. The molecule has 0 saturated carbocycles. The third-order valence-electron chi connectivity index (χ3n) is 4.91. The number of hydrogen-bond acceptors (Lipinski definition) is 5. The van der Waals surface area contributed by atoms with E-state index in [1.807, 2.05) is 49.2 Å². The van der Waals surface area contributed by atoms with Gasteiger partial charge in [-0.2, -0.15) is 4.80 Å². The Bertz CT molecular complexity index is 693. The van der Waals surface area contributed by atoms with Crippen molar-refractivity contribution in [3.05, 3.63) is 30.3 Å². The number of likely N-dealkylation sites (tertiary alicyclic amines) is 1. The molecule has 1 aliphatic rings. The van der Waals surface area contributed by atoms with Crippen molar-refractivity contribution in [2.45, 2.75) is 25.8 Å². The highest BCUT2D eigenvalue weighted by molar-refractivity contribution is 5.79. The largest absolute Gasteiger partial charge is 0.344 e. The van der Waals surface area contributed by atoms with Gasteiger partial charge >= 0.3 is 0 Å². The number of nitrogens with zero attached hydrogens (tertiary/aromatic N) is 6. The summed E-state index contributed by atoms with van der Waals surface area (Å²) in [6.45, 7) is 4.82. The molecule has 0 radical (unpaired) electrons. The standard InChI is InChI=1S/C18H26N6O/c1-14(18(25)23(3)13-15-9-11-22(2)12-10-15)24-20-17(19-21-24)16-7-5-4-6-8-16/h4-8,14-15H,9-13H2,1-3H3. The molecule has 0 spiro atoms. The minimum atomic E-state index is -0.457. The van der Waals surface area contributed by atoms with Crippen LogP contribution in [0.2, 0.25) is 0 Å². The summed E-state index contributed by atoms with van der Waals surface area (Å²) in [5, 5.41) is 12.5. The number of aromatic nitrogens is 4. The Hall–Kier alpha value is -2.28. The molecule has 1 aromatic heterocycles. The van der Waals surface area contributed by atoms with Gasteiger partial charge in [-0.1, -0.05) is 30.3 Å². The second-order valence-electron chi connectivity index (χ2n) is 6.94. The highest BCUT2D eigenvalue weighted by Crippen LogP contribution is 2.19. The van der Waals surface area contributed by atoms with Gasteiger partial charge in [0.15, 0.2) is 0 Å². The van der Waals surface area contributed by atoms with Gasteiger partial charge in [-0.05, 0) is 51.0 Å². The molecule has 0 bridgehead atoms. The molecule has 25 heavy (non-hydrogen) atoms. The van der Waals surface area contributed by atoms with Crippen molar-refractivity contribution in [1.29, 1.82) is 0 Å². The summed E-state index contributed by atoms with van der Waals surface area (Å²) in [6, 6.07) is 9.21. The van der Waals surface area contributed by atoms with Gasteiger partial charge < -0.3 is 9.80 Å². The smallest absolute Gasteiger partial charge is 0.248 e. The summed E-state index contributed by atoms with van der Waals surface area (Å²) in [7, 11) is 4.01. The average Bonchev–Trinajstić information content (AvgIpc) is 3.13. The van der Waals surface area contributed by atoms with Crippen LogP contribution in [-0.4, -0.2) is 69.6 Å². The first-order chi connectivity index (χ1) is 12.0. The zero-order valence-corrected chi connectivity index (χ0v) is 15.2. The van der Waals surface area contributed by atoms with Gasteiger partial charge in [0, 0.05) is 19.2 Å². The Labute approximate surface area is 148 Å². The summed E-state index contributed by atoms with van der Waals surface area (Å²) >= 11 is 0. The molecule has 1 atom stereocenters. The fourth-order valence-electron chi connectivity index (χ4n) is 3.23. The molecule has 0 N–H and O–H groups in total. The molecule has 1 amide bonds. The second kappa shape index (κ2) is 7.74. The number of benzene rings is 1. The fourth-order valence-corrected chi connectivity index (χ4v) is 3.23. The molecule has 2 heterocycles. The average molecular weight is 342 g/mol. The quantitative estimate of drug-likeness (QED) is 0.827. The van der Waals surface area contributed by atoms with E-state index in [4.69, 9.17) is 0 Å². The van der Waals surface area contributed by atoms with Crippen LogP contribution in [0.5, 0.6) is 0 Å². The maximum absolute atomic E-state index is 12.7. The first-order valence-electron chi connectivity index (χ1n) is 8.83. The Morgan fingerprint density at radius 3 is 2.64 bits per heavy atom. The van der Waals surface area contributed by atoms with E-state index in [-0.39, 0.29) is 5.91 Å². The van der Waals surface area contributed by atoms with Crippen LogP contribution in [0.25, 0.3) is 11.4 Å².